The number of rotatable bonds is 3. The van der Waals surface area contributed by atoms with E-state index in [9.17, 15) is 0 Å². The molecule has 0 unspecified atom stereocenters. The molecule has 2 rings (SSSR count). The van der Waals surface area contributed by atoms with E-state index in [1.54, 1.807) is 11.3 Å². The maximum atomic E-state index is 5.71. The summed E-state index contributed by atoms with van der Waals surface area (Å²) < 4.78 is 0. The van der Waals surface area contributed by atoms with Crippen LogP contribution in [0, 0.1) is 6.92 Å². The van der Waals surface area contributed by atoms with Crippen molar-refractivity contribution in [3.8, 4) is 0 Å². The number of anilines is 2. The number of nitrogens with two attached hydrogens (primary N) is 1. The van der Waals surface area contributed by atoms with Gasteiger partial charge in [0, 0.05) is 4.88 Å². The highest BCUT2D eigenvalue weighted by Crippen LogP contribution is 2.19. The Kier molecular flexibility index (Phi) is 3.21. The van der Waals surface area contributed by atoms with Gasteiger partial charge in [-0.15, -0.1) is 11.3 Å². The minimum atomic E-state index is 0.178. The molecule has 0 spiro atoms. The van der Waals surface area contributed by atoms with Crippen molar-refractivity contribution in [2.24, 2.45) is 0 Å². The first-order valence-electron chi connectivity index (χ1n) is 4.57. The van der Waals surface area contributed by atoms with E-state index in [-0.39, 0.29) is 5.28 Å². The van der Waals surface area contributed by atoms with Gasteiger partial charge in [0.1, 0.15) is 0 Å². The minimum absolute atomic E-state index is 0.178. The molecule has 0 saturated heterocycles. The number of aromatic nitrogens is 3. The fourth-order valence-corrected chi connectivity index (χ4v) is 2.02. The first-order chi connectivity index (χ1) is 7.66. The number of halogens is 1. The molecule has 84 valence electrons. The third-order valence-corrected chi connectivity index (χ3v) is 3.17. The van der Waals surface area contributed by atoms with E-state index in [1.165, 1.54) is 6.20 Å². The van der Waals surface area contributed by atoms with Gasteiger partial charge in [0.15, 0.2) is 5.82 Å². The highest BCUT2D eigenvalue weighted by molar-refractivity contribution is 7.09. The molecule has 0 aliphatic rings. The predicted molar refractivity (Wildman–Crippen MR) is 65.6 cm³/mol. The number of nitrogens with one attached hydrogen (secondary N) is 1. The van der Waals surface area contributed by atoms with Gasteiger partial charge in [-0.05, 0) is 18.5 Å². The van der Waals surface area contributed by atoms with Crippen molar-refractivity contribution in [2.75, 3.05) is 11.1 Å². The Morgan fingerprint density at radius 3 is 3.00 bits per heavy atom. The molecule has 0 aliphatic heterocycles. The zero-order chi connectivity index (χ0) is 11.5. The average molecular weight is 256 g/mol. The van der Waals surface area contributed by atoms with E-state index < -0.39 is 0 Å². The van der Waals surface area contributed by atoms with Gasteiger partial charge in [0.2, 0.25) is 5.28 Å². The van der Waals surface area contributed by atoms with Crippen LogP contribution < -0.4 is 11.1 Å². The first kappa shape index (κ1) is 11.1. The largest absolute Gasteiger partial charge is 0.394 e. The molecule has 16 heavy (non-hydrogen) atoms. The van der Waals surface area contributed by atoms with E-state index in [4.69, 9.17) is 17.3 Å². The molecule has 0 radical (unpaired) electrons. The molecule has 0 amide bonds. The highest BCUT2D eigenvalue weighted by Gasteiger charge is 2.05. The molecule has 2 aromatic rings. The second-order valence-corrected chi connectivity index (χ2v) is 4.43. The van der Waals surface area contributed by atoms with Crippen LogP contribution in [-0.2, 0) is 6.54 Å². The summed E-state index contributed by atoms with van der Waals surface area (Å²) in [7, 11) is 0. The summed E-state index contributed by atoms with van der Waals surface area (Å²) in [6.07, 6.45) is 1.48. The van der Waals surface area contributed by atoms with Gasteiger partial charge in [-0.2, -0.15) is 4.98 Å². The van der Waals surface area contributed by atoms with E-state index in [1.807, 2.05) is 12.4 Å². The highest BCUT2D eigenvalue weighted by atomic mass is 35.5. The summed E-state index contributed by atoms with van der Waals surface area (Å²) in [4.78, 5) is 13.1. The number of nitrogens with zero attached hydrogens (tertiary/aromatic N) is 3. The molecular formula is C9H10ClN5S. The zero-order valence-corrected chi connectivity index (χ0v) is 10.1. The van der Waals surface area contributed by atoms with Crippen LogP contribution in [0.2, 0.25) is 5.28 Å². The van der Waals surface area contributed by atoms with Crippen LogP contribution in [0.15, 0.2) is 11.7 Å². The quantitative estimate of drug-likeness (QED) is 0.822. The lowest BCUT2D eigenvalue weighted by Crippen LogP contribution is -2.05. The molecule has 0 fully saturated rings. The van der Waals surface area contributed by atoms with Crippen LogP contribution in [0.4, 0.5) is 11.5 Å². The zero-order valence-electron chi connectivity index (χ0n) is 8.57. The lowest BCUT2D eigenvalue weighted by atomic mass is 10.4. The first-order valence-corrected chi connectivity index (χ1v) is 5.83. The molecule has 3 N–H and O–H groups in total. The summed E-state index contributed by atoms with van der Waals surface area (Å²) in [6.45, 7) is 2.60. The van der Waals surface area contributed by atoms with Gasteiger partial charge < -0.3 is 11.1 Å². The Morgan fingerprint density at radius 1 is 1.50 bits per heavy atom. The van der Waals surface area contributed by atoms with Crippen LogP contribution in [-0.4, -0.2) is 15.0 Å². The van der Waals surface area contributed by atoms with Crippen LogP contribution in [0.5, 0.6) is 0 Å². The number of hydrogen-bond acceptors (Lipinski definition) is 6. The van der Waals surface area contributed by atoms with Gasteiger partial charge in [-0.25, -0.2) is 9.97 Å². The topological polar surface area (TPSA) is 76.7 Å². The summed E-state index contributed by atoms with van der Waals surface area (Å²) in [5, 5.41) is 3.29. The van der Waals surface area contributed by atoms with E-state index in [0.29, 0.717) is 18.1 Å². The Bertz CT molecular complexity index is 498. The molecule has 0 saturated carbocycles. The van der Waals surface area contributed by atoms with Crippen LogP contribution in [0.25, 0.3) is 0 Å². The Balaban J connectivity index is 2.10. The standard InChI is InChI=1S/C9H10ClN5S/c1-5-7(16-4-14-5)3-12-8-6(11)2-13-9(10)15-8/h2,4H,3,11H2,1H3,(H,12,13,15). The van der Waals surface area contributed by atoms with Crippen molar-refractivity contribution >= 4 is 34.4 Å². The van der Waals surface area contributed by atoms with E-state index in [2.05, 4.69) is 20.3 Å². The summed E-state index contributed by atoms with van der Waals surface area (Å²) in [5.41, 5.74) is 9.01. The number of hydrogen-bond donors (Lipinski definition) is 2. The second kappa shape index (κ2) is 4.63. The van der Waals surface area contributed by atoms with Crippen molar-refractivity contribution in [1.29, 1.82) is 0 Å². The van der Waals surface area contributed by atoms with Crippen molar-refractivity contribution < 1.29 is 0 Å². The third kappa shape index (κ3) is 2.40. The summed E-state index contributed by atoms with van der Waals surface area (Å²) >= 11 is 7.27. The molecule has 2 aromatic heterocycles. The van der Waals surface area contributed by atoms with Crippen LogP contribution >= 0.6 is 22.9 Å². The molecule has 0 atom stereocenters. The molecule has 0 bridgehead atoms. The molecule has 7 heteroatoms. The normalized spacial score (nSPS) is 10.4. The maximum absolute atomic E-state index is 5.71. The van der Waals surface area contributed by atoms with Crippen molar-refractivity contribution in [3.05, 3.63) is 27.6 Å². The molecule has 0 aliphatic carbocycles. The molecule has 5 nitrogen and oxygen atoms in total. The lowest BCUT2D eigenvalue weighted by Gasteiger charge is -2.06. The Morgan fingerprint density at radius 2 is 2.31 bits per heavy atom. The van der Waals surface area contributed by atoms with E-state index >= 15 is 0 Å². The van der Waals surface area contributed by atoms with Gasteiger partial charge in [-0.1, -0.05) is 0 Å². The smallest absolute Gasteiger partial charge is 0.224 e. The lowest BCUT2D eigenvalue weighted by molar-refractivity contribution is 1.08. The molecule has 0 aromatic carbocycles. The predicted octanol–water partition coefficient (Wildman–Crippen LogP) is 2.09. The van der Waals surface area contributed by atoms with Gasteiger partial charge in [-0.3, -0.25) is 0 Å². The number of aryl methyl sites for hydroxylation is 1. The van der Waals surface area contributed by atoms with E-state index in [0.717, 1.165) is 10.6 Å². The average Bonchev–Trinajstić information content (AvgIpc) is 2.66. The summed E-state index contributed by atoms with van der Waals surface area (Å²) in [6, 6.07) is 0. The van der Waals surface area contributed by atoms with Gasteiger partial charge in [0.25, 0.3) is 0 Å². The fraction of sp³-hybridized carbons (Fsp3) is 0.222. The Labute approximate surface area is 102 Å². The fourth-order valence-electron chi connectivity index (χ4n) is 1.17. The maximum Gasteiger partial charge on any atom is 0.224 e. The third-order valence-electron chi connectivity index (χ3n) is 2.05. The van der Waals surface area contributed by atoms with Crippen LogP contribution in [0.3, 0.4) is 0 Å². The van der Waals surface area contributed by atoms with Crippen molar-refractivity contribution in [1.82, 2.24) is 15.0 Å². The second-order valence-electron chi connectivity index (χ2n) is 3.16. The summed E-state index contributed by atoms with van der Waals surface area (Å²) in [5.74, 6) is 0.549. The van der Waals surface area contributed by atoms with Crippen molar-refractivity contribution in [2.45, 2.75) is 13.5 Å². The molecule has 2 heterocycles. The van der Waals surface area contributed by atoms with Crippen LogP contribution in [0.1, 0.15) is 10.6 Å². The Hall–Kier alpha value is -1.40. The SMILES string of the molecule is Cc1ncsc1CNc1nc(Cl)ncc1N. The molecular weight excluding hydrogens is 246 g/mol. The number of nitrogen functional groups attached to an aromatic ring is 1. The minimum Gasteiger partial charge on any atom is -0.394 e. The van der Waals surface area contributed by atoms with Gasteiger partial charge in [0.05, 0.1) is 29.6 Å². The number of thiazole rings is 1. The van der Waals surface area contributed by atoms with Crippen molar-refractivity contribution in [3.63, 3.8) is 0 Å². The van der Waals surface area contributed by atoms with Gasteiger partial charge >= 0.3 is 0 Å². The monoisotopic (exact) mass is 255 g/mol.